The zero-order valence-electron chi connectivity index (χ0n) is 10.2. The Morgan fingerprint density at radius 3 is 2.76 bits per heavy atom. The molecule has 0 amide bonds. The molecule has 0 saturated heterocycles. The van der Waals surface area contributed by atoms with Crippen molar-refractivity contribution in [1.82, 2.24) is 19.4 Å². The minimum absolute atomic E-state index is 0.0835. The van der Waals surface area contributed by atoms with Gasteiger partial charge in [-0.1, -0.05) is 17.7 Å². The zero-order valence-corrected chi connectivity index (χ0v) is 13.4. The number of hydrogen-bond donors (Lipinski definition) is 1. The van der Waals surface area contributed by atoms with Crippen LogP contribution in [-0.2, 0) is 10.0 Å². The van der Waals surface area contributed by atoms with Crippen molar-refractivity contribution >= 4 is 49.0 Å². The lowest BCUT2D eigenvalue weighted by molar-refractivity contribution is 0.596. The van der Waals surface area contributed by atoms with Crippen molar-refractivity contribution in [3.63, 3.8) is 0 Å². The Bertz CT molecular complexity index is 910. The number of halogens is 2. The molecule has 0 saturated carbocycles. The lowest BCUT2D eigenvalue weighted by Crippen LogP contribution is -2.16. The summed E-state index contributed by atoms with van der Waals surface area (Å²) in [5.74, 6) is 0.0835. The number of nitrogens with one attached hydrogen (secondary N) is 1. The van der Waals surface area contributed by atoms with Crippen LogP contribution in [0.2, 0.25) is 5.15 Å². The molecule has 21 heavy (non-hydrogen) atoms. The molecule has 0 spiro atoms. The standard InChI is InChI=1S/C11H7BrClN5O2S/c12-7-5-15-8(6-14-7)17-21(19,20)11-10(13)16-9-3-1-2-4-18(9)11/h1-6H,(H,15,17). The minimum Gasteiger partial charge on any atom is -0.288 e. The Morgan fingerprint density at radius 1 is 1.24 bits per heavy atom. The van der Waals surface area contributed by atoms with Crippen LogP contribution in [-0.4, -0.2) is 27.8 Å². The molecule has 0 atom stereocenters. The highest BCUT2D eigenvalue weighted by Gasteiger charge is 2.24. The third-order valence-electron chi connectivity index (χ3n) is 2.56. The van der Waals surface area contributed by atoms with Crippen LogP contribution in [0, 0.1) is 0 Å². The maximum Gasteiger partial charge on any atom is 0.282 e. The van der Waals surface area contributed by atoms with E-state index in [1.165, 1.54) is 16.8 Å². The highest BCUT2D eigenvalue weighted by atomic mass is 79.9. The first-order valence-corrected chi connectivity index (χ1v) is 8.26. The van der Waals surface area contributed by atoms with E-state index in [1.54, 1.807) is 24.4 Å². The van der Waals surface area contributed by atoms with Crippen molar-refractivity contribution in [2.24, 2.45) is 0 Å². The molecule has 0 unspecified atom stereocenters. The number of nitrogens with zero attached hydrogens (tertiary/aromatic N) is 4. The molecule has 0 bridgehead atoms. The Hall–Kier alpha value is -1.71. The van der Waals surface area contributed by atoms with Gasteiger partial charge in [-0.3, -0.25) is 9.12 Å². The molecular weight excluding hydrogens is 382 g/mol. The maximum absolute atomic E-state index is 12.4. The van der Waals surface area contributed by atoms with Crippen molar-refractivity contribution in [2.45, 2.75) is 5.03 Å². The Labute approximate surface area is 133 Å². The number of sulfonamides is 1. The van der Waals surface area contributed by atoms with Gasteiger partial charge in [-0.2, -0.15) is 8.42 Å². The normalized spacial score (nSPS) is 11.7. The second-order valence-electron chi connectivity index (χ2n) is 3.97. The lowest BCUT2D eigenvalue weighted by atomic mass is 10.5. The number of hydrogen-bond acceptors (Lipinski definition) is 5. The summed E-state index contributed by atoms with van der Waals surface area (Å²) in [7, 11) is -3.94. The van der Waals surface area contributed by atoms with Crippen LogP contribution in [0.5, 0.6) is 0 Å². The first-order chi connectivity index (χ1) is 9.97. The van der Waals surface area contributed by atoms with E-state index in [0.29, 0.717) is 10.3 Å². The number of fused-ring (bicyclic) bond motifs is 1. The second-order valence-corrected chi connectivity index (χ2v) is 6.73. The highest BCUT2D eigenvalue weighted by Crippen LogP contribution is 2.24. The largest absolute Gasteiger partial charge is 0.288 e. The van der Waals surface area contributed by atoms with E-state index >= 15 is 0 Å². The fourth-order valence-electron chi connectivity index (χ4n) is 1.74. The molecule has 0 aliphatic rings. The third-order valence-corrected chi connectivity index (χ3v) is 4.72. The number of imidazole rings is 1. The fraction of sp³-hybridized carbons (Fsp3) is 0. The van der Waals surface area contributed by atoms with Gasteiger partial charge in [0, 0.05) is 6.20 Å². The molecule has 3 aromatic rings. The first-order valence-electron chi connectivity index (χ1n) is 5.60. The highest BCUT2D eigenvalue weighted by molar-refractivity contribution is 9.10. The Balaban J connectivity index is 2.08. The van der Waals surface area contributed by atoms with E-state index in [2.05, 4.69) is 35.6 Å². The van der Waals surface area contributed by atoms with Gasteiger partial charge in [0.25, 0.3) is 10.0 Å². The average Bonchev–Trinajstić information content (AvgIpc) is 2.77. The van der Waals surface area contributed by atoms with E-state index in [9.17, 15) is 8.42 Å². The Kier molecular flexibility index (Phi) is 3.56. The van der Waals surface area contributed by atoms with E-state index in [1.807, 2.05) is 0 Å². The fourth-order valence-corrected chi connectivity index (χ4v) is 3.58. The molecule has 3 aromatic heterocycles. The first kappa shape index (κ1) is 14.2. The molecule has 0 aliphatic carbocycles. The van der Waals surface area contributed by atoms with Gasteiger partial charge >= 0.3 is 0 Å². The molecule has 1 N–H and O–H groups in total. The maximum atomic E-state index is 12.4. The molecule has 3 rings (SSSR count). The molecule has 0 radical (unpaired) electrons. The number of pyridine rings is 1. The second kappa shape index (κ2) is 5.24. The minimum atomic E-state index is -3.94. The van der Waals surface area contributed by atoms with Crippen LogP contribution in [0.25, 0.3) is 5.65 Å². The SMILES string of the molecule is O=S(=O)(Nc1cnc(Br)cn1)c1c(Cl)nc2ccccn12. The van der Waals surface area contributed by atoms with E-state index in [-0.39, 0.29) is 16.0 Å². The van der Waals surface area contributed by atoms with Gasteiger partial charge in [0.05, 0.1) is 12.4 Å². The quantitative estimate of drug-likeness (QED) is 0.744. The average molecular weight is 389 g/mol. The number of aromatic nitrogens is 4. The van der Waals surface area contributed by atoms with Gasteiger partial charge in [-0.15, -0.1) is 0 Å². The van der Waals surface area contributed by atoms with Gasteiger partial charge in [-0.05, 0) is 28.1 Å². The Morgan fingerprint density at radius 2 is 2.05 bits per heavy atom. The van der Waals surface area contributed by atoms with Gasteiger partial charge in [0.1, 0.15) is 10.3 Å². The molecule has 10 heteroatoms. The third kappa shape index (κ3) is 2.71. The molecule has 0 fully saturated rings. The van der Waals surface area contributed by atoms with Crippen LogP contribution >= 0.6 is 27.5 Å². The van der Waals surface area contributed by atoms with Crippen LogP contribution < -0.4 is 4.72 Å². The predicted molar refractivity (Wildman–Crippen MR) is 80.7 cm³/mol. The van der Waals surface area contributed by atoms with E-state index in [4.69, 9.17) is 11.6 Å². The van der Waals surface area contributed by atoms with Crippen LogP contribution in [0.3, 0.4) is 0 Å². The smallest absolute Gasteiger partial charge is 0.282 e. The number of rotatable bonds is 3. The summed E-state index contributed by atoms with van der Waals surface area (Å²) in [6, 6.07) is 5.08. The van der Waals surface area contributed by atoms with Gasteiger partial charge in [0.2, 0.25) is 0 Å². The van der Waals surface area contributed by atoms with Crippen molar-refractivity contribution in [3.8, 4) is 0 Å². The number of anilines is 1. The lowest BCUT2D eigenvalue weighted by Gasteiger charge is -2.07. The van der Waals surface area contributed by atoms with Gasteiger partial charge in [-0.25, -0.2) is 15.0 Å². The summed E-state index contributed by atoms with van der Waals surface area (Å²) in [4.78, 5) is 11.8. The van der Waals surface area contributed by atoms with Crippen molar-refractivity contribution in [2.75, 3.05) is 4.72 Å². The van der Waals surface area contributed by atoms with Crippen LogP contribution in [0.15, 0.2) is 46.4 Å². The topological polar surface area (TPSA) is 89.2 Å². The van der Waals surface area contributed by atoms with E-state index in [0.717, 1.165) is 0 Å². The molecule has 7 nitrogen and oxygen atoms in total. The molecule has 108 valence electrons. The molecule has 0 aromatic carbocycles. The van der Waals surface area contributed by atoms with Crippen LogP contribution in [0.4, 0.5) is 5.82 Å². The molecule has 0 aliphatic heterocycles. The van der Waals surface area contributed by atoms with Crippen LogP contribution in [0.1, 0.15) is 0 Å². The summed E-state index contributed by atoms with van der Waals surface area (Å²) in [6.45, 7) is 0. The zero-order chi connectivity index (χ0) is 15.0. The summed E-state index contributed by atoms with van der Waals surface area (Å²) in [5, 5.41) is -0.261. The predicted octanol–water partition coefficient (Wildman–Crippen LogP) is 2.34. The summed E-state index contributed by atoms with van der Waals surface area (Å²) in [5.41, 5.74) is 0.435. The summed E-state index contributed by atoms with van der Waals surface area (Å²) < 4.78 is 29.1. The molecule has 3 heterocycles. The van der Waals surface area contributed by atoms with Gasteiger partial charge < -0.3 is 0 Å². The van der Waals surface area contributed by atoms with E-state index < -0.39 is 10.0 Å². The van der Waals surface area contributed by atoms with Gasteiger partial charge in [0.15, 0.2) is 16.0 Å². The van der Waals surface area contributed by atoms with Crippen molar-refractivity contribution < 1.29 is 8.42 Å². The molecular formula is C11H7BrClN5O2S. The monoisotopic (exact) mass is 387 g/mol. The van der Waals surface area contributed by atoms with Crippen molar-refractivity contribution in [3.05, 3.63) is 46.5 Å². The van der Waals surface area contributed by atoms with Crippen molar-refractivity contribution in [1.29, 1.82) is 0 Å². The summed E-state index contributed by atoms with van der Waals surface area (Å²) in [6.07, 6.45) is 4.24. The summed E-state index contributed by atoms with van der Waals surface area (Å²) >= 11 is 9.07.